The Kier molecular flexibility index (Phi) is 8.10. The van der Waals surface area contributed by atoms with Gasteiger partial charge in [-0.2, -0.15) is 0 Å². The van der Waals surface area contributed by atoms with E-state index in [-0.39, 0.29) is 10.8 Å². The van der Waals surface area contributed by atoms with Crippen LogP contribution in [0.1, 0.15) is 47.2 Å². The van der Waals surface area contributed by atoms with Crippen molar-refractivity contribution in [2.24, 2.45) is 0 Å². The molecule has 2 aliphatic carbocycles. The van der Waals surface area contributed by atoms with Gasteiger partial charge in [0.05, 0.1) is 5.41 Å². The third kappa shape index (κ3) is 5.48. The van der Waals surface area contributed by atoms with Crippen LogP contribution in [0.3, 0.4) is 0 Å². The molecule has 1 aromatic heterocycles. The van der Waals surface area contributed by atoms with Gasteiger partial charge < -0.3 is 0 Å². The number of aromatic nitrogens is 3. The van der Waals surface area contributed by atoms with Crippen molar-refractivity contribution in [2.75, 3.05) is 0 Å². The molecule has 0 atom stereocenters. The summed E-state index contributed by atoms with van der Waals surface area (Å²) in [7, 11) is 0. The minimum absolute atomic E-state index is 0.111. The smallest absolute Gasteiger partial charge is 0.164 e. The Morgan fingerprint density at radius 1 is 0.274 bits per heavy atom. The third-order valence-electron chi connectivity index (χ3n) is 13.4. The molecule has 0 radical (unpaired) electrons. The molecule has 2 aliphatic rings. The molecule has 292 valence electrons. The van der Waals surface area contributed by atoms with Gasteiger partial charge in [-0.3, -0.25) is 0 Å². The van der Waals surface area contributed by atoms with E-state index in [0.29, 0.717) is 17.5 Å². The number of hydrogen-bond donors (Lipinski definition) is 0. The highest BCUT2D eigenvalue weighted by atomic mass is 15.0. The van der Waals surface area contributed by atoms with Gasteiger partial charge >= 0.3 is 0 Å². The Morgan fingerprint density at radius 3 is 1.19 bits per heavy atom. The van der Waals surface area contributed by atoms with Crippen molar-refractivity contribution in [3.8, 4) is 67.5 Å². The molecule has 9 aromatic carbocycles. The fraction of sp³-hybridized carbons (Fsp3) is 0.0678. The summed E-state index contributed by atoms with van der Waals surface area (Å²) in [5.41, 5.74) is 18.0. The Balaban J connectivity index is 0.892. The van der Waals surface area contributed by atoms with Crippen molar-refractivity contribution in [3.05, 3.63) is 246 Å². The molecule has 10 aromatic rings. The predicted octanol–water partition coefficient (Wildman–Crippen LogP) is 14.4. The second-order valence-electron chi connectivity index (χ2n) is 17.2. The van der Waals surface area contributed by atoms with E-state index in [2.05, 4.69) is 166 Å². The molecule has 0 bridgehead atoms. The lowest BCUT2D eigenvalue weighted by Crippen LogP contribution is -2.40. The summed E-state index contributed by atoms with van der Waals surface area (Å²) in [4.78, 5) is 14.7. The molecule has 0 saturated heterocycles. The van der Waals surface area contributed by atoms with E-state index in [1.54, 1.807) is 0 Å². The summed E-state index contributed by atoms with van der Waals surface area (Å²) in [6, 6.07) is 77.0. The molecule has 0 saturated carbocycles. The van der Waals surface area contributed by atoms with Gasteiger partial charge in [-0.25, -0.2) is 15.0 Å². The maximum atomic E-state index is 4.93. The lowest BCUT2D eigenvalue weighted by molar-refractivity contribution is 0.563. The molecule has 1 heterocycles. The Bertz CT molecular complexity index is 3260. The Labute approximate surface area is 362 Å². The average Bonchev–Trinajstić information content (AvgIpc) is 3.63. The summed E-state index contributed by atoms with van der Waals surface area (Å²) >= 11 is 0. The first-order chi connectivity index (χ1) is 30.5. The van der Waals surface area contributed by atoms with Crippen LogP contribution < -0.4 is 0 Å². The molecule has 62 heavy (non-hydrogen) atoms. The van der Waals surface area contributed by atoms with Crippen molar-refractivity contribution in [3.63, 3.8) is 0 Å². The highest BCUT2D eigenvalue weighted by Crippen LogP contribution is 2.62. The first-order valence-corrected chi connectivity index (χ1v) is 21.4. The number of hydrogen-bond acceptors (Lipinski definition) is 3. The first kappa shape index (κ1) is 36.1. The van der Waals surface area contributed by atoms with Crippen LogP contribution in [0.25, 0.3) is 78.3 Å². The van der Waals surface area contributed by atoms with E-state index in [4.69, 9.17) is 15.0 Å². The van der Waals surface area contributed by atoms with Crippen molar-refractivity contribution in [2.45, 2.75) is 24.7 Å². The van der Waals surface area contributed by atoms with Gasteiger partial charge in [0.1, 0.15) is 0 Å². The van der Waals surface area contributed by atoms with Crippen LogP contribution in [0.5, 0.6) is 0 Å². The maximum absolute atomic E-state index is 4.93. The summed E-state index contributed by atoms with van der Waals surface area (Å²) in [6.45, 7) is 4.76. The van der Waals surface area contributed by atoms with Gasteiger partial charge in [-0.1, -0.05) is 208 Å². The topological polar surface area (TPSA) is 38.7 Å². The highest BCUT2D eigenvalue weighted by molar-refractivity contribution is 5.94. The van der Waals surface area contributed by atoms with Crippen LogP contribution in [0.4, 0.5) is 0 Å². The van der Waals surface area contributed by atoms with Crippen molar-refractivity contribution in [1.29, 1.82) is 0 Å². The van der Waals surface area contributed by atoms with E-state index in [1.807, 2.05) is 60.7 Å². The fourth-order valence-electron chi connectivity index (χ4n) is 10.4. The Morgan fingerprint density at radius 2 is 0.645 bits per heavy atom. The van der Waals surface area contributed by atoms with Crippen LogP contribution in [0.15, 0.2) is 212 Å². The quantitative estimate of drug-likeness (QED) is 0.174. The highest BCUT2D eigenvalue weighted by Gasteiger charge is 2.53. The lowest BCUT2D eigenvalue weighted by atomic mass is 9.55. The molecule has 0 N–H and O–H groups in total. The monoisotopic (exact) mass is 791 g/mol. The molecule has 0 fully saturated rings. The van der Waals surface area contributed by atoms with Gasteiger partial charge in [-0.15, -0.1) is 0 Å². The standard InChI is InChI=1S/C59H41N3/c1-58(2)51-21-11-13-23-53(51)59(54-24-14-12-22-52(54)58)49-20-10-9-19-47(49)48-37-46(33-34-50(48)59)45-32-31-43-35-42(29-30-44(43)36-45)38-25-27-41(28-26-38)57-61-55(39-15-5-3-6-16-39)60-56(62-57)40-17-7-4-8-18-40/h3-37H,1-2H3. The van der Waals surface area contributed by atoms with Gasteiger partial charge in [0.2, 0.25) is 0 Å². The van der Waals surface area contributed by atoms with E-state index < -0.39 is 0 Å². The molecule has 0 amide bonds. The van der Waals surface area contributed by atoms with E-state index in [0.717, 1.165) is 27.8 Å². The van der Waals surface area contributed by atoms with Crippen LogP contribution in [-0.4, -0.2) is 15.0 Å². The van der Waals surface area contributed by atoms with Gasteiger partial charge in [0.15, 0.2) is 17.5 Å². The molecule has 12 rings (SSSR count). The molecule has 1 spiro atoms. The largest absolute Gasteiger partial charge is 0.208 e. The summed E-state index contributed by atoms with van der Waals surface area (Å²) in [5, 5.41) is 2.42. The van der Waals surface area contributed by atoms with Crippen LogP contribution in [-0.2, 0) is 10.8 Å². The number of benzene rings is 9. The fourth-order valence-corrected chi connectivity index (χ4v) is 10.4. The van der Waals surface area contributed by atoms with E-state index >= 15 is 0 Å². The zero-order valence-electron chi connectivity index (χ0n) is 34.5. The summed E-state index contributed by atoms with van der Waals surface area (Å²) in [5.74, 6) is 1.97. The van der Waals surface area contributed by atoms with Crippen molar-refractivity contribution >= 4 is 10.8 Å². The van der Waals surface area contributed by atoms with E-state index in [9.17, 15) is 0 Å². The minimum Gasteiger partial charge on any atom is -0.208 e. The third-order valence-corrected chi connectivity index (χ3v) is 13.4. The van der Waals surface area contributed by atoms with Crippen LogP contribution in [0, 0.1) is 0 Å². The SMILES string of the molecule is CC1(C)c2ccccc2C2(c3ccccc3-c3cc(-c4ccc5cc(-c6ccc(-c7nc(-c8ccccc8)nc(-c8ccccc8)n7)cc6)ccc5c4)ccc32)c2ccccc21. The first-order valence-electron chi connectivity index (χ1n) is 21.4. The van der Waals surface area contributed by atoms with Gasteiger partial charge in [0, 0.05) is 22.1 Å². The Hall–Kier alpha value is -7.75. The van der Waals surface area contributed by atoms with Crippen molar-refractivity contribution in [1.82, 2.24) is 15.0 Å². The second kappa shape index (κ2) is 13.9. The van der Waals surface area contributed by atoms with Crippen molar-refractivity contribution < 1.29 is 0 Å². The number of nitrogens with zero attached hydrogens (tertiary/aromatic N) is 3. The van der Waals surface area contributed by atoms with Gasteiger partial charge in [0.25, 0.3) is 0 Å². The molecule has 0 aliphatic heterocycles. The molecular formula is C59H41N3. The summed E-state index contributed by atoms with van der Waals surface area (Å²) in [6.07, 6.45) is 0. The molecule has 3 heteroatoms. The zero-order chi connectivity index (χ0) is 41.4. The maximum Gasteiger partial charge on any atom is 0.164 e. The molecule has 0 unspecified atom stereocenters. The average molecular weight is 792 g/mol. The number of fused-ring (bicyclic) bond motifs is 10. The lowest BCUT2D eigenvalue weighted by Gasteiger charge is -2.46. The molecular weight excluding hydrogens is 751 g/mol. The summed E-state index contributed by atoms with van der Waals surface area (Å²) < 4.78 is 0. The number of rotatable bonds is 5. The predicted molar refractivity (Wildman–Crippen MR) is 254 cm³/mol. The van der Waals surface area contributed by atoms with Crippen LogP contribution in [0.2, 0.25) is 0 Å². The van der Waals surface area contributed by atoms with E-state index in [1.165, 1.54) is 66.4 Å². The van der Waals surface area contributed by atoms with Crippen LogP contribution >= 0.6 is 0 Å². The minimum atomic E-state index is -0.382. The van der Waals surface area contributed by atoms with Gasteiger partial charge in [-0.05, 0) is 95.7 Å². The normalized spacial score (nSPS) is 13.9. The second-order valence-corrected chi connectivity index (χ2v) is 17.2. The zero-order valence-corrected chi connectivity index (χ0v) is 34.5. The molecule has 3 nitrogen and oxygen atoms in total.